The predicted octanol–water partition coefficient (Wildman–Crippen LogP) is 5.12. The molecule has 0 saturated carbocycles. The molecule has 1 spiro atoms. The van der Waals surface area contributed by atoms with E-state index < -0.39 is 11.7 Å². The van der Waals surface area contributed by atoms with Gasteiger partial charge in [-0.25, -0.2) is 9.59 Å². The zero-order chi connectivity index (χ0) is 20.4. The lowest BCUT2D eigenvalue weighted by molar-refractivity contribution is -0.00107. The van der Waals surface area contributed by atoms with Crippen molar-refractivity contribution in [1.29, 1.82) is 0 Å². The van der Waals surface area contributed by atoms with Crippen LogP contribution in [0.25, 0.3) is 0 Å². The number of carbonyl (C=O) groups is 2. The Bertz CT molecular complexity index is 914. The summed E-state index contributed by atoms with van der Waals surface area (Å²) >= 11 is 12.0. The van der Waals surface area contributed by atoms with Crippen LogP contribution in [0.1, 0.15) is 18.4 Å². The number of carbonyl (C=O) groups excluding carboxylic acids is 2. The molecule has 0 bridgehead atoms. The Morgan fingerprint density at radius 3 is 2.48 bits per heavy atom. The molecular weight excluding hydrogens is 415 g/mol. The number of halogens is 2. The molecule has 2 fully saturated rings. The minimum Gasteiger partial charge on any atom is -0.445 e. The van der Waals surface area contributed by atoms with Crippen molar-refractivity contribution in [1.82, 2.24) is 4.90 Å². The second kappa shape index (κ2) is 8.13. The van der Waals surface area contributed by atoms with Crippen molar-refractivity contribution in [3.8, 4) is 0 Å². The third-order valence-corrected chi connectivity index (χ3v) is 6.06. The second-order valence-electron chi connectivity index (χ2n) is 7.26. The molecular formula is C21H20Cl2N2O4. The molecule has 2 aromatic carbocycles. The van der Waals surface area contributed by atoms with Crippen molar-refractivity contribution in [2.45, 2.75) is 25.0 Å². The molecule has 2 heterocycles. The SMILES string of the molecule is O=C(OCc1ccccc1)N1CCC2(CC1)CN(c1ccc(Cl)c(Cl)c1)C(=O)O2. The molecule has 6 nitrogen and oxygen atoms in total. The first kappa shape index (κ1) is 19.9. The van der Waals surface area contributed by atoms with Crippen LogP contribution in [0.2, 0.25) is 10.0 Å². The number of nitrogens with zero attached hydrogens (tertiary/aromatic N) is 2. The standard InChI is InChI=1S/C21H20Cl2N2O4/c22-17-7-6-16(12-18(17)23)25-14-21(29-20(25)27)8-10-24(11-9-21)19(26)28-13-15-4-2-1-3-5-15/h1-7,12H,8-11,13-14H2. The van der Waals surface area contributed by atoms with Crippen molar-refractivity contribution in [2.75, 3.05) is 24.5 Å². The zero-order valence-electron chi connectivity index (χ0n) is 15.6. The van der Waals surface area contributed by atoms with Crippen LogP contribution in [-0.4, -0.2) is 42.3 Å². The van der Waals surface area contributed by atoms with E-state index in [1.54, 1.807) is 28.0 Å². The number of rotatable bonds is 3. The maximum absolute atomic E-state index is 12.4. The summed E-state index contributed by atoms with van der Waals surface area (Å²) in [5.74, 6) is 0. The van der Waals surface area contributed by atoms with E-state index in [2.05, 4.69) is 0 Å². The quantitative estimate of drug-likeness (QED) is 0.672. The van der Waals surface area contributed by atoms with E-state index in [1.807, 2.05) is 30.3 Å². The van der Waals surface area contributed by atoms with Crippen molar-refractivity contribution in [3.63, 3.8) is 0 Å². The van der Waals surface area contributed by atoms with Crippen molar-refractivity contribution in [2.24, 2.45) is 0 Å². The summed E-state index contributed by atoms with van der Waals surface area (Å²) in [6.07, 6.45) is 0.339. The number of hydrogen-bond acceptors (Lipinski definition) is 4. The molecule has 0 N–H and O–H groups in total. The summed E-state index contributed by atoms with van der Waals surface area (Å²) in [6.45, 7) is 1.59. The van der Waals surface area contributed by atoms with E-state index in [-0.39, 0.29) is 12.7 Å². The molecule has 0 atom stereocenters. The van der Waals surface area contributed by atoms with Crippen LogP contribution in [0.15, 0.2) is 48.5 Å². The highest BCUT2D eigenvalue weighted by molar-refractivity contribution is 6.42. The van der Waals surface area contributed by atoms with Gasteiger partial charge in [-0.2, -0.15) is 0 Å². The van der Waals surface area contributed by atoms with Gasteiger partial charge in [0.05, 0.1) is 16.6 Å². The molecule has 0 aliphatic carbocycles. The van der Waals surface area contributed by atoms with Gasteiger partial charge in [0, 0.05) is 31.6 Å². The Balaban J connectivity index is 1.34. The van der Waals surface area contributed by atoms with Crippen LogP contribution in [0, 0.1) is 0 Å². The maximum atomic E-state index is 12.4. The lowest BCUT2D eigenvalue weighted by Crippen LogP contribution is -2.48. The molecule has 2 aromatic rings. The number of likely N-dealkylation sites (tertiary alicyclic amines) is 1. The highest BCUT2D eigenvalue weighted by Gasteiger charge is 2.48. The third kappa shape index (κ3) is 4.28. The van der Waals surface area contributed by atoms with Crippen molar-refractivity contribution >= 4 is 41.1 Å². The number of amides is 2. The van der Waals surface area contributed by atoms with Crippen LogP contribution in [-0.2, 0) is 16.1 Å². The molecule has 0 aromatic heterocycles. The fraction of sp³-hybridized carbons (Fsp3) is 0.333. The average molecular weight is 435 g/mol. The molecule has 2 aliphatic heterocycles. The summed E-state index contributed by atoms with van der Waals surface area (Å²) in [4.78, 5) is 28.0. The van der Waals surface area contributed by atoms with Gasteiger partial charge >= 0.3 is 12.2 Å². The summed E-state index contributed by atoms with van der Waals surface area (Å²) in [5.41, 5.74) is 0.974. The van der Waals surface area contributed by atoms with E-state index in [0.29, 0.717) is 48.2 Å². The first-order valence-corrected chi connectivity index (χ1v) is 10.1. The first-order valence-electron chi connectivity index (χ1n) is 9.37. The number of anilines is 1. The summed E-state index contributed by atoms with van der Waals surface area (Å²) in [5, 5.41) is 0.814. The van der Waals surface area contributed by atoms with Crippen LogP contribution in [0.3, 0.4) is 0 Å². The van der Waals surface area contributed by atoms with Gasteiger partial charge in [0.25, 0.3) is 0 Å². The normalized spacial score (nSPS) is 18.1. The third-order valence-electron chi connectivity index (χ3n) is 5.32. The Labute approximate surface area is 178 Å². The molecule has 152 valence electrons. The lowest BCUT2D eigenvalue weighted by Gasteiger charge is -2.36. The largest absolute Gasteiger partial charge is 0.445 e. The van der Waals surface area contributed by atoms with Gasteiger partial charge in [-0.15, -0.1) is 0 Å². The fourth-order valence-electron chi connectivity index (χ4n) is 3.64. The number of hydrogen-bond donors (Lipinski definition) is 0. The van der Waals surface area contributed by atoms with Gasteiger partial charge in [0.15, 0.2) is 0 Å². The maximum Gasteiger partial charge on any atom is 0.415 e. The molecule has 29 heavy (non-hydrogen) atoms. The number of piperidine rings is 1. The minimum absolute atomic E-state index is 0.238. The molecule has 4 rings (SSSR count). The first-order chi connectivity index (χ1) is 14.0. The van der Waals surface area contributed by atoms with E-state index in [0.717, 1.165) is 5.56 Å². The highest BCUT2D eigenvalue weighted by Crippen LogP contribution is 2.37. The second-order valence-corrected chi connectivity index (χ2v) is 8.08. The average Bonchev–Trinajstić information content (AvgIpc) is 3.05. The van der Waals surface area contributed by atoms with E-state index >= 15 is 0 Å². The van der Waals surface area contributed by atoms with Crippen LogP contribution in [0.5, 0.6) is 0 Å². The highest BCUT2D eigenvalue weighted by atomic mass is 35.5. The van der Waals surface area contributed by atoms with E-state index in [9.17, 15) is 9.59 Å². The van der Waals surface area contributed by atoms with Gasteiger partial charge in [0.2, 0.25) is 0 Å². The molecule has 2 aliphatic rings. The topological polar surface area (TPSA) is 59.1 Å². The lowest BCUT2D eigenvalue weighted by atomic mass is 9.91. The van der Waals surface area contributed by atoms with Crippen molar-refractivity contribution < 1.29 is 19.1 Å². The Kier molecular flexibility index (Phi) is 5.56. The van der Waals surface area contributed by atoms with Crippen LogP contribution < -0.4 is 4.90 Å². The van der Waals surface area contributed by atoms with Gasteiger partial charge in [-0.3, -0.25) is 4.90 Å². The molecule has 2 saturated heterocycles. The van der Waals surface area contributed by atoms with Gasteiger partial charge < -0.3 is 14.4 Å². The Morgan fingerprint density at radius 2 is 1.79 bits per heavy atom. The van der Waals surface area contributed by atoms with Gasteiger partial charge in [-0.05, 0) is 23.8 Å². The zero-order valence-corrected chi connectivity index (χ0v) is 17.2. The van der Waals surface area contributed by atoms with Gasteiger partial charge in [0.1, 0.15) is 12.2 Å². The summed E-state index contributed by atoms with van der Waals surface area (Å²) in [7, 11) is 0. The monoisotopic (exact) mass is 434 g/mol. The fourth-order valence-corrected chi connectivity index (χ4v) is 3.93. The number of benzene rings is 2. The van der Waals surface area contributed by atoms with Crippen LogP contribution >= 0.6 is 23.2 Å². The van der Waals surface area contributed by atoms with E-state index in [1.165, 1.54) is 0 Å². The minimum atomic E-state index is -0.612. The molecule has 0 radical (unpaired) electrons. The number of ether oxygens (including phenoxy) is 2. The summed E-state index contributed by atoms with van der Waals surface area (Å²) < 4.78 is 11.1. The van der Waals surface area contributed by atoms with Crippen LogP contribution in [0.4, 0.5) is 15.3 Å². The summed E-state index contributed by atoms with van der Waals surface area (Å²) in [6, 6.07) is 14.6. The predicted molar refractivity (Wildman–Crippen MR) is 110 cm³/mol. The Hall–Kier alpha value is -2.44. The van der Waals surface area contributed by atoms with E-state index in [4.69, 9.17) is 32.7 Å². The Morgan fingerprint density at radius 1 is 1.07 bits per heavy atom. The molecule has 2 amide bonds. The smallest absolute Gasteiger partial charge is 0.415 e. The molecule has 0 unspecified atom stereocenters. The van der Waals surface area contributed by atoms with Crippen molar-refractivity contribution in [3.05, 3.63) is 64.1 Å². The molecule has 8 heteroatoms. The van der Waals surface area contributed by atoms with Gasteiger partial charge in [-0.1, -0.05) is 53.5 Å².